The number of nitrogens with one attached hydrogen (secondary N) is 2. The quantitative estimate of drug-likeness (QED) is 0.174. The summed E-state index contributed by atoms with van der Waals surface area (Å²) in [7, 11) is 0. The number of nitrogens with two attached hydrogens (primary N) is 1. The molecule has 0 aromatic heterocycles. The van der Waals surface area contributed by atoms with Crippen molar-refractivity contribution >= 4 is 6.21 Å². The molecule has 0 amide bonds. The lowest BCUT2D eigenvalue weighted by Gasteiger charge is -1.95. The molecule has 0 rings (SSSR count). The molecule has 0 aromatic rings. The SMILES string of the molecule is CCC=CCCCCCC=NNNN. The van der Waals surface area contributed by atoms with Crippen LogP contribution in [0.5, 0.6) is 0 Å². The first-order valence-corrected chi connectivity index (χ1v) is 5.29. The fourth-order valence-electron chi connectivity index (χ4n) is 1.11. The van der Waals surface area contributed by atoms with E-state index in [4.69, 9.17) is 5.84 Å². The second-order valence-corrected chi connectivity index (χ2v) is 3.09. The lowest BCUT2D eigenvalue weighted by atomic mass is 10.1. The molecule has 0 atom stereocenters. The molecular weight excluding hydrogens is 176 g/mol. The van der Waals surface area contributed by atoms with Crippen LogP contribution < -0.4 is 16.9 Å². The van der Waals surface area contributed by atoms with Gasteiger partial charge in [0.2, 0.25) is 0 Å². The Labute approximate surface area is 86.6 Å². The summed E-state index contributed by atoms with van der Waals surface area (Å²) in [5.74, 6) is 4.95. The predicted molar refractivity (Wildman–Crippen MR) is 61.5 cm³/mol. The molecule has 0 aliphatic carbocycles. The summed E-state index contributed by atoms with van der Waals surface area (Å²) in [5, 5.41) is 3.81. The van der Waals surface area contributed by atoms with Gasteiger partial charge in [-0.25, -0.2) is 5.53 Å². The maximum absolute atomic E-state index is 4.95. The molecule has 0 aliphatic rings. The molecule has 4 nitrogen and oxygen atoms in total. The van der Waals surface area contributed by atoms with Crippen molar-refractivity contribution in [3.63, 3.8) is 0 Å². The number of hydrogen-bond acceptors (Lipinski definition) is 4. The first kappa shape index (κ1) is 13.1. The van der Waals surface area contributed by atoms with E-state index in [-0.39, 0.29) is 0 Å². The van der Waals surface area contributed by atoms with Gasteiger partial charge in [-0.2, -0.15) is 10.6 Å². The van der Waals surface area contributed by atoms with Gasteiger partial charge in [0.25, 0.3) is 0 Å². The highest BCUT2D eigenvalue weighted by Gasteiger charge is 1.85. The molecule has 0 radical (unpaired) electrons. The van der Waals surface area contributed by atoms with Crippen LogP contribution in [0.2, 0.25) is 0 Å². The Kier molecular flexibility index (Phi) is 11.4. The minimum atomic E-state index is 1.01. The Morgan fingerprint density at radius 1 is 1.14 bits per heavy atom. The highest BCUT2D eigenvalue weighted by molar-refractivity contribution is 5.56. The van der Waals surface area contributed by atoms with Crippen molar-refractivity contribution in [1.29, 1.82) is 0 Å². The summed E-state index contributed by atoms with van der Waals surface area (Å²) in [6.45, 7) is 2.16. The zero-order valence-corrected chi connectivity index (χ0v) is 9.00. The first-order chi connectivity index (χ1) is 6.91. The zero-order valence-electron chi connectivity index (χ0n) is 9.00. The van der Waals surface area contributed by atoms with Gasteiger partial charge in [0, 0.05) is 6.21 Å². The fourth-order valence-corrected chi connectivity index (χ4v) is 1.11. The monoisotopic (exact) mass is 198 g/mol. The van der Waals surface area contributed by atoms with Gasteiger partial charge in [-0.15, -0.1) is 0 Å². The van der Waals surface area contributed by atoms with E-state index in [1.54, 1.807) is 0 Å². The van der Waals surface area contributed by atoms with Gasteiger partial charge in [0.15, 0.2) is 0 Å². The normalized spacial score (nSPS) is 11.6. The summed E-state index contributed by atoms with van der Waals surface area (Å²) < 4.78 is 0. The molecule has 0 heterocycles. The summed E-state index contributed by atoms with van der Waals surface area (Å²) in [6.07, 6.45) is 13.4. The topological polar surface area (TPSA) is 62.4 Å². The lowest BCUT2D eigenvalue weighted by Crippen LogP contribution is -2.33. The Morgan fingerprint density at radius 3 is 2.64 bits per heavy atom. The minimum absolute atomic E-state index is 1.01. The van der Waals surface area contributed by atoms with Crippen LogP contribution in [-0.2, 0) is 0 Å². The molecular formula is C10H22N4. The van der Waals surface area contributed by atoms with Crippen LogP contribution in [0.15, 0.2) is 17.3 Å². The Bertz CT molecular complexity index is 154. The van der Waals surface area contributed by atoms with Crippen LogP contribution in [0, 0.1) is 0 Å². The Morgan fingerprint density at radius 2 is 1.93 bits per heavy atom. The van der Waals surface area contributed by atoms with E-state index in [9.17, 15) is 0 Å². The van der Waals surface area contributed by atoms with Gasteiger partial charge in [0.05, 0.1) is 0 Å². The number of nitrogens with zero attached hydrogens (tertiary/aromatic N) is 1. The molecule has 0 saturated heterocycles. The molecule has 0 fully saturated rings. The van der Waals surface area contributed by atoms with Crippen molar-refractivity contribution < 1.29 is 0 Å². The number of rotatable bonds is 9. The number of hydrazone groups is 1. The molecule has 4 N–H and O–H groups in total. The van der Waals surface area contributed by atoms with E-state index in [1.165, 1.54) is 25.7 Å². The molecule has 0 spiro atoms. The molecule has 0 saturated carbocycles. The smallest absolute Gasteiger partial charge is 0.0258 e. The van der Waals surface area contributed by atoms with Gasteiger partial charge in [-0.3, -0.25) is 5.84 Å². The average Bonchev–Trinajstić information content (AvgIpc) is 2.21. The maximum atomic E-state index is 4.95. The van der Waals surface area contributed by atoms with Crippen molar-refractivity contribution in [2.75, 3.05) is 0 Å². The standard InChI is InChI=1S/C10H22N4/c1-2-3-4-5-6-7-8-9-10-12-14-13-11/h3-4,10,13-14H,2,5-9,11H2,1H3. The van der Waals surface area contributed by atoms with Crippen molar-refractivity contribution in [3.05, 3.63) is 12.2 Å². The van der Waals surface area contributed by atoms with Crippen molar-refractivity contribution in [3.8, 4) is 0 Å². The molecule has 82 valence electrons. The van der Waals surface area contributed by atoms with Crippen LogP contribution in [0.25, 0.3) is 0 Å². The molecule has 0 aromatic carbocycles. The van der Waals surface area contributed by atoms with E-state index in [0.717, 1.165) is 12.8 Å². The lowest BCUT2D eigenvalue weighted by molar-refractivity contribution is 0.582. The molecule has 0 aliphatic heterocycles. The van der Waals surface area contributed by atoms with Gasteiger partial charge >= 0.3 is 0 Å². The van der Waals surface area contributed by atoms with E-state index in [0.29, 0.717) is 0 Å². The minimum Gasteiger partial charge on any atom is -0.252 e. The summed E-state index contributed by atoms with van der Waals surface area (Å²) in [5.41, 5.74) is 4.69. The van der Waals surface area contributed by atoms with E-state index in [2.05, 4.69) is 35.2 Å². The third-order valence-electron chi connectivity index (χ3n) is 1.83. The van der Waals surface area contributed by atoms with E-state index >= 15 is 0 Å². The molecule has 14 heavy (non-hydrogen) atoms. The third-order valence-corrected chi connectivity index (χ3v) is 1.83. The van der Waals surface area contributed by atoms with E-state index in [1.807, 2.05) is 6.21 Å². The number of allylic oxidation sites excluding steroid dienone is 2. The van der Waals surface area contributed by atoms with Gasteiger partial charge < -0.3 is 0 Å². The average molecular weight is 198 g/mol. The number of unbranched alkanes of at least 4 members (excludes halogenated alkanes) is 4. The van der Waals surface area contributed by atoms with Crippen molar-refractivity contribution in [2.45, 2.75) is 45.4 Å². The van der Waals surface area contributed by atoms with Crippen LogP contribution >= 0.6 is 0 Å². The first-order valence-electron chi connectivity index (χ1n) is 5.29. The highest BCUT2D eigenvalue weighted by atomic mass is 15.6. The predicted octanol–water partition coefficient (Wildman–Crippen LogP) is 1.86. The Balaban J connectivity index is 3.02. The van der Waals surface area contributed by atoms with Crippen LogP contribution in [-0.4, -0.2) is 6.21 Å². The van der Waals surface area contributed by atoms with Gasteiger partial charge in [-0.05, 0) is 32.1 Å². The number of hydrogen-bond donors (Lipinski definition) is 3. The third kappa shape index (κ3) is 11.1. The van der Waals surface area contributed by atoms with Crippen LogP contribution in [0.4, 0.5) is 0 Å². The summed E-state index contributed by atoms with van der Waals surface area (Å²) >= 11 is 0. The zero-order chi connectivity index (χ0) is 10.5. The highest BCUT2D eigenvalue weighted by Crippen LogP contribution is 2.02. The fraction of sp³-hybridized carbons (Fsp3) is 0.700. The number of hydrazine groups is 2. The second kappa shape index (κ2) is 12.1. The van der Waals surface area contributed by atoms with Crippen molar-refractivity contribution in [2.24, 2.45) is 10.9 Å². The van der Waals surface area contributed by atoms with Crippen molar-refractivity contribution in [1.82, 2.24) is 11.1 Å². The summed E-state index contributed by atoms with van der Waals surface area (Å²) in [4.78, 5) is 0. The van der Waals surface area contributed by atoms with Gasteiger partial charge in [-0.1, -0.05) is 25.5 Å². The molecule has 0 unspecified atom stereocenters. The second-order valence-electron chi connectivity index (χ2n) is 3.09. The van der Waals surface area contributed by atoms with Crippen LogP contribution in [0.1, 0.15) is 45.4 Å². The van der Waals surface area contributed by atoms with Crippen LogP contribution in [0.3, 0.4) is 0 Å². The summed E-state index contributed by atoms with van der Waals surface area (Å²) in [6, 6.07) is 0. The van der Waals surface area contributed by atoms with E-state index < -0.39 is 0 Å². The largest absolute Gasteiger partial charge is 0.252 e. The maximum Gasteiger partial charge on any atom is 0.0258 e. The molecule has 4 heteroatoms. The molecule has 0 bridgehead atoms. The Hall–Kier alpha value is -0.870. The van der Waals surface area contributed by atoms with Gasteiger partial charge in [0.1, 0.15) is 0 Å².